The Labute approximate surface area is 187 Å². The van der Waals surface area contributed by atoms with Crippen molar-refractivity contribution in [2.75, 3.05) is 13.6 Å². The number of likely N-dealkylation sites (N-methyl/N-ethyl adjacent to an activating group) is 1. The molecule has 1 atom stereocenters. The fourth-order valence-electron chi connectivity index (χ4n) is 3.58. The second-order valence-electron chi connectivity index (χ2n) is 7.47. The topological polar surface area (TPSA) is 109 Å². The molecule has 1 aromatic heterocycles. The van der Waals surface area contributed by atoms with Gasteiger partial charge in [0.1, 0.15) is 24.2 Å². The first-order valence-electron chi connectivity index (χ1n) is 10.0. The number of rotatable bonds is 6. The molecule has 2 heterocycles. The van der Waals surface area contributed by atoms with E-state index in [1.807, 2.05) is 0 Å². The van der Waals surface area contributed by atoms with Gasteiger partial charge in [-0.1, -0.05) is 12.1 Å². The van der Waals surface area contributed by atoms with Gasteiger partial charge in [-0.2, -0.15) is 5.10 Å². The van der Waals surface area contributed by atoms with Gasteiger partial charge in [0.05, 0.1) is 22.5 Å². The Kier molecular flexibility index (Phi) is 5.99. The first kappa shape index (κ1) is 21.9. The van der Waals surface area contributed by atoms with Crippen LogP contribution in [-0.2, 0) is 4.79 Å². The van der Waals surface area contributed by atoms with Gasteiger partial charge in [0.15, 0.2) is 0 Å². The van der Waals surface area contributed by atoms with Gasteiger partial charge in [0.2, 0.25) is 0 Å². The highest BCUT2D eigenvalue weighted by Gasteiger charge is 2.35. The van der Waals surface area contributed by atoms with Gasteiger partial charge in [-0.15, -0.1) is 0 Å². The Morgan fingerprint density at radius 2 is 1.91 bits per heavy atom. The zero-order chi connectivity index (χ0) is 23.5. The van der Waals surface area contributed by atoms with Crippen LogP contribution in [0.2, 0.25) is 0 Å². The largest absolute Gasteiger partial charge is 0.467 e. The molecule has 9 nitrogen and oxygen atoms in total. The Morgan fingerprint density at radius 3 is 2.55 bits per heavy atom. The number of hydrogen-bond acceptors (Lipinski definition) is 6. The lowest BCUT2D eigenvalue weighted by Gasteiger charge is -2.23. The van der Waals surface area contributed by atoms with Gasteiger partial charge in [0.25, 0.3) is 17.5 Å². The van der Waals surface area contributed by atoms with E-state index in [1.54, 1.807) is 30.3 Å². The molecule has 1 unspecified atom stereocenters. The molecule has 3 aromatic rings. The van der Waals surface area contributed by atoms with Crippen molar-refractivity contribution in [3.05, 3.63) is 99.7 Å². The Hall–Kier alpha value is -4.34. The highest BCUT2D eigenvalue weighted by Crippen LogP contribution is 2.33. The van der Waals surface area contributed by atoms with E-state index in [0.29, 0.717) is 23.5 Å². The maximum atomic E-state index is 14.0. The average Bonchev–Trinajstić information content (AvgIpc) is 3.49. The van der Waals surface area contributed by atoms with Crippen molar-refractivity contribution in [1.29, 1.82) is 0 Å². The smallest absolute Gasteiger partial charge is 0.269 e. The van der Waals surface area contributed by atoms with Crippen molar-refractivity contribution < 1.29 is 23.3 Å². The number of amides is 2. The van der Waals surface area contributed by atoms with Crippen molar-refractivity contribution in [1.82, 2.24) is 9.91 Å². The van der Waals surface area contributed by atoms with Crippen LogP contribution in [0.1, 0.15) is 34.1 Å². The third kappa shape index (κ3) is 4.49. The summed E-state index contributed by atoms with van der Waals surface area (Å²) >= 11 is 0. The van der Waals surface area contributed by atoms with Crippen LogP contribution < -0.4 is 0 Å². The van der Waals surface area contributed by atoms with Crippen LogP contribution in [0.5, 0.6) is 0 Å². The maximum Gasteiger partial charge on any atom is 0.269 e. The monoisotopic (exact) mass is 450 g/mol. The number of nitro benzene ring substituents is 1. The van der Waals surface area contributed by atoms with Gasteiger partial charge >= 0.3 is 0 Å². The molecule has 10 heteroatoms. The number of hydrogen-bond donors (Lipinski definition) is 0. The standard InChI is InChI=1S/C23H19FN4O5/c1-26(23(30)17-5-2-3-6-18(17)24)14-22(29)27-20(21-7-4-12-33-21)13-19(25-27)15-8-10-16(11-9-15)28(31)32/h2-12,20H,13-14H2,1H3. The number of hydrazone groups is 1. The lowest BCUT2D eigenvalue weighted by molar-refractivity contribution is -0.384. The summed E-state index contributed by atoms with van der Waals surface area (Å²) in [6.45, 7) is -0.332. The van der Waals surface area contributed by atoms with Crippen LogP contribution >= 0.6 is 0 Å². The third-order valence-corrected chi connectivity index (χ3v) is 5.27. The van der Waals surface area contributed by atoms with Crippen LogP contribution in [-0.4, -0.2) is 46.0 Å². The number of carbonyl (C=O) groups is 2. The number of nitro groups is 1. The number of halogens is 1. The zero-order valence-corrected chi connectivity index (χ0v) is 17.6. The van der Waals surface area contributed by atoms with Gasteiger partial charge in [-0.3, -0.25) is 19.7 Å². The second kappa shape index (κ2) is 9.03. The van der Waals surface area contributed by atoms with E-state index in [4.69, 9.17) is 4.42 Å². The number of benzene rings is 2. The summed E-state index contributed by atoms with van der Waals surface area (Å²) in [5.74, 6) is -1.28. The fourth-order valence-corrected chi connectivity index (χ4v) is 3.58. The van der Waals surface area contributed by atoms with Crippen molar-refractivity contribution in [3.63, 3.8) is 0 Å². The van der Waals surface area contributed by atoms with E-state index >= 15 is 0 Å². The predicted octanol–water partition coefficient (Wildman–Crippen LogP) is 3.78. The summed E-state index contributed by atoms with van der Waals surface area (Å²) in [4.78, 5) is 37.3. The fraction of sp³-hybridized carbons (Fsp3) is 0.174. The summed E-state index contributed by atoms with van der Waals surface area (Å²) < 4.78 is 19.5. The average molecular weight is 450 g/mol. The summed E-state index contributed by atoms with van der Waals surface area (Å²) in [6, 6.07) is 14.3. The molecule has 2 amide bonds. The molecule has 1 aliphatic heterocycles. The maximum absolute atomic E-state index is 14.0. The summed E-state index contributed by atoms with van der Waals surface area (Å²) in [6.07, 6.45) is 1.80. The summed E-state index contributed by atoms with van der Waals surface area (Å²) in [5.41, 5.74) is 0.985. The number of furan rings is 1. The highest BCUT2D eigenvalue weighted by molar-refractivity contribution is 6.03. The molecule has 168 valence electrons. The minimum atomic E-state index is -0.671. The van der Waals surface area contributed by atoms with Crippen molar-refractivity contribution in [3.8, 4) is 0 Å². The Morgan fingerprint density at radius 1 is 1.18 bits per heavy atom. The van der Waals surface area contributed by atoms with Crippen LogP contribution in [0.25, 0.3) is 0 Å². The molecule has 0 saturated carbocycles. The van der Waals surface area contributed by atoms with Crippen molar-refractivity contribution in [2.24, 2.45) is 5.10 Å². The van der Waals surface area contributed by atoms with Crippen molar-refractivity contribution >= 4 is 23.2 Å². The Bertz CT molecular complexity index is 1220. The van der Waals surface area contributed by atoms with E-state index in [2.05, 4.69) is 5.10 Å². The molecule has 4 rings (SSSR count). The number of nitrogens with zero attached hydrogens (tertiary/aromatic N) is 4. The van der Waals surface area contributed by atoms with E-state index in [-0.39, 0.29) is 17.8 Å². The van der Waals surface area contributed by atoms with E-state index in [9.17, 15) is 24.1 Å². The summed E-state index contributed by atoms with van der Waals surface area (Å²) in [5, 5.41) is 16.6. The molecule has 0 saturated heterocycles. The van der Waals surface area contributed by atoms with Gasteiger partial charge < -0.3 is 9.32 Å². The molecule has 0 bridgehead atoms. The minimum absolute atomic E-state index is 0.0545. The number of non-ortho nitro benzene ring substituents is 1. The normalized spacial score (nSPS) is 15.3. The quantitative estimate of drug-likeness (QED) is 0.419. The highest BCUT2D eigenvalue weighted by atomic mass is 19.1. The van der Waals surface area contributed by atoms with Crippen molar-refractivity contribution in [2.45, 2.75) is 12.5 Å². The molecule has 0 fully saturated rings. The zero-order valence-electron chi connectivity index (χ0n) is 17.6. The van der Waals surface area contributed by atoms with E-state index < -0.39 is 28.6 Å². The van der Waals surface area contributed by atoms with Gasteiger partial charge in [-0.25, -0.2) is 9.40 Å². The van der Waals surface area contributed by atoms with E-state index in [0.717, 1.165) is 4.90 Å². The molecule has 0 aliphatic carbocycles. The second-order valence-corrected chi connectivity index (χ2v) is 7.47. The van der Waals surface area contributed by atoms with Crippen LogP contribution in [0, 0.1) is 15.9 Å². The van der Waals surface area contributed by atoms with Crippen LogP contribution in [0.15, 0.2) is 76.4 Å². The van der Waals surface area contributed by atoms with E-state index in [1.165, 1.54) is 48.7 Å². The molecular weight excluding hydrogens is 431 g/mol. The molecular formula is C23H19FN4O5. The summed E-state index contributed by atoms with van der Waals surface area (Å²) in [7, 11) is 1.41. The lowest BCUT2D eigenvalue weighted by Crippen LogP contribution is -2.39. The molecule has 2 aromatic carbocycles. The number of carbonyl (C=O) groups excluding carboxylic acids is 2. The predicted molar refractivity (Wildman–Crippen MR) is 116 cm³/mol. The first-order chi connectivity index (χ1) is 15.8. The third-order valence-electron chi connectivity index (χ3n) is 5.27. The molecule has 0 N–H and O–H groups in total. The van der Waals surface area contributed by atoms with Crippen LogP contribution in [0.4, 0.5) is 10.1 Å². The Balaban J connectivity index is 1.57. The molecule has 0 radical (unpaired) electrons. The first-order valence-corrected chi connectivity index (χ1v) is 10.0. The van der Waals surface area contributed by atoms with Crippen LogP contribution in [0.3, 0.4) is 0 Å². The molecule has 0 spiro atoms. The lowest BCUT2D eigenvalue weighted by atomic mass is 10.0. The minimum Gasteiger partial charge on any atom is -0.467 e. The molecule has 33 heavy (non-hydrogen) atoms. The molecule has 1 aliphatic rings. The SMILES string of the molecule is CN(CC(=O)N1N=C(c2ccc([N+](=O)[O-])cc2)CC1c1ccco1)C(=O)c1ccccc1F. The van der Waals surface area contributed by atoms with Gasteiger partial charge in [0, 0.05) is 25.6 Å². The van der Waals surface area contributed by atoms with Gasteiger partial charge in [-0.05, 0) is 42.0 Å².